The van der Waals surface area contributed by atoms with Crippen LogP contribution in [-0.4, -0.2) is 38.3 Å². The van der Waals surface area contributed by atoms with E-state index < -0.39 is 10.0 Å². The Morgan fingerprint density at radius 2 is 2.12 bits per heavy atom. The SMILES string of the molecule is CCCNc1ncccc1S(=O)(=O)N(C)C. The molecule has 16 heavy (non-hydrogen) atoms. The van der Waals surface area contributed by atoms with Crippen molar-refractivity contribution in [2.24, 2.45) is 0 Å². The molecule has 1 heterocycles. The van der Waals surface area contributed by atoms with E-state index in [1.807, 2.05) is 6.92 Å². The molecule has 0 radical (unpaired) electrons. The highest BCUT2D eigenvalue weighted by molar-refractivity contribution is 7.89. The Morgan fingerprint density at radius 3 is 2.69 bits per heavy atom. The number of sulfonamides is 1. The Kier molecular flexibility index (Phi) is 4.26. The molecule has 0 amide bonds. The zero-order valence-corrected chi connectivity index (χ0v) is 10.6. The second-order valence-electron chi connectivity index (χ2n) is 3.56. The molecule has 0 spiro atoms. The first-order valence-corrected chi connectivity index (χ1v) is 6.55. The van der Waals surface area contributed by atoms with Gasteiger partial charge in [-0.2, -0.15) is 0 Å². The quantitative estimate of drug-likeness (QED) is 0.842. The molecular weight excluding hydrogens is 226 g/mol. The van der Waals surface area contributed by atoms with Gasteiger partial charge in [-0.1, -0.05) is 6.92 Å². The molecule has 0 atom stereocenters. The minimum atomic E-state index is -3.43. The summed E-state index contributed by atoms with van der Waals surface area (Å²) in [6, 6.07) is 3.17. The van der Waals surface area contributed by atoms with E-state index >= 15 is 0 Å². The van der Waals surface area contributed by atoms with Gasteiger partial charge in [-0.3, -0.25) is 0 Å². The fraction of sp³-hybridized carbons (Fsp3) is 0.500. The van der Waals surface area contributed by atoms with Crippen LogP contribution in [0.5, 0.6) is 0 Å². The highest BCUT2D eigenvalue weighted by Gasteiger charge is 2.21. The first kappa shape index (κ1) is 12.9. The molecule has 0 aliphatic rings. The van der Waals surface area contributed by atoms with Gasteiger partial charge in [-0.25, -0.2) is 17.7 Å². The van der Waals surface area contributed by atoms with Gasteiger partial charge >= 0.3 is 0 Å². The van der Waals surface area contributed by atoms with Gasteiger partial charge in [-0.05, 0) is 18.6 Å². The molecule has 1 aromatic heterocycles. The predicted molar refractivity (Wildman–Crippen MR) is 63.9 cm³/mol. The highest BCUT2D eigenvalue weighted by Crippen LogP contribution is 2.20. The van der Waals surface area contributed by atoms with Crippen molar-refractivity contribution in [3.05, 3.63) is 18.3 Å². The van der Waals surface area contributed by atoms with Crippen LogP contribution in [0, 0.1) is 0 Å². The molecule has 5 nitrogen and oxygen atoms in total. The minimum absolute atomic E-state index is 0.216. The summed E-state index contributed by atoms with van der Waals surface area (Å²) in [5.74, 6) is 0.415. The van der Waals surface area contributed by atoms with Crippen LogP contribution in [0.4, 0.5) is 5.82 Å². The van der Waals surface area contributed by atoms with Gasteiger partial charge in [0.15, 0.2) is 0 Å². The largest absolute Gasteiger partial charge is 0.369 e. The topological polar surface area (TPSA) is 62.3 Å². The number of nitrogens with zero attached hydrogens (tertiary/aromatic N) is 2. The minimum Gasteiger partial charge on any atom is -0.369 e. The van der Waals surface area contributed by atoms with Gasteiger partial charge < -0.3 is 5.32 Å². The van der Waals surface area contributed by atoms with Crippen LogP contribution in [0.2, 0.25) is 0 Å². The normalized spacial score (nSPS) is 11.8. The number of hydrogen-bond acceptors (Lipinski definition) is 4. The monoisotopic (exact) mass is 243 g/mol. The van der Waals surface area contributed by atoms with Gasteiger partial charge in [-0.15, -0.1) is 0 Å². The fourth-order valence-electron chi connectivity index (χ4n) is 1.17. The molecule has 0 bridgehead atoms. The number of aromatic nitrogens is 1. The van der Waals surface area contributed by atoms with Crippen molar-refractivity contribution >= 4 is 15.8 Å². The first-order chi connectivity index (χ1) is 7.50. The lowest BCUT2D eigenvalue weighted by Crippen LogP contribution is -2.23. The predicted octanol–water partition coefficient (Wildman–Crippen LogP) is 1.15. The third kappa shape index (κ3) is 2.70. The average Bonchev–Trinajstić information content (AvgIpc) is 2.26. The average molecular weight is 243 g/mol. The Morgan fingerprint density at radius 1 is 1.44 bits per heavy atom. The van der Waals surface area contributed by atoms with E-state index in [9.17, 15) is 8.42 Å². The molecule has 0 aliphatic heterocycles. The fourth-order valence-corrected chi connectivity index (χ4v) is 2.18. The zero-order valence-electron chi connectivity index (χ0n) is 9.77. The Balaban J connectivity index is 3.13. The molecule has 90 valence electrons. The molecule has 0 saturated carbocycles. The first-order valence-electron chi connectivity index (χ1n) is 5.11. The van der Waals surface area contributed by atoms with Gasteiger partial charge in [0.25, 0.3) is 0 Å². The standard InChI is InChI=1S/C10H17N3O2S/c1-4-7-11-10-9(6-5-8-12-10)16(14,15)13(2)3/h5-6,8H,4,7H2,1-3H3,(H,11,12). The van der Waals surface area contributed by atoms with Crippen LogP contribution in [0.3, 0.4) is 0 Å². The number of nitrogens with one attached hydrogen (secondary N) is 1. The molecule has 1 N–H and O–H groups in total. The molecule has 1 rings (SSSR count). The molecule has 1 aromatic rings. The summed E-state index contributed by atoms with van der Waals surface area (Å²) in [5.41, 5.74) is 0. The molecule has 0 aliphatic carbocycles. The van der Waals surface area contributed by atoms with Crippen molar-refractivity contribution in [3.63, 3.8) is 0 Å². The van der Waals surface area contributed by atoms with Crippen molar-refractivity contribution in [1.82, 2.24) is 9.29 Å². The molecule has 0 saturated heterocycles. The van der Waals surface area contributed by atoms with Crippen LogP contribution in [0.1, 0.15) is 13.3 Å². The Labute approximate surface area is 96.5 Å². The van der Waals surface area contributed by atoms with E-state index in [0.717, 1.165) is 6.42 Å². The second-order valence-corrected chi connectivity index (χ2v) is 5.68. The second kappa shape index (κ2) is 5.27. The van der Waals surface area contributed by atoms with Gasteiger partial charge in [0, 0.05) is 26.8 Å². The third-order valence-corrected chi connectivity index (χ3v) is 3.92. The summed E-state index contributed by atoms with van der Waals surface area (Å²) in [4.78, 5) is 4.26. The van der Waals surface area contributed by atoms with E-state index in [1.54, 1.807) is 18.3 Å². The van der Waals surface area contributed by atoms with E-state index in [1.165, 1.54) is 18.4 Å². The van der Waals surface area contributed by atoms with Crippen LogP contribution in [-0.2, 0) is 10.0 Å². The summed E-state index contributed by atoms with van der Waals surface area (Å²) in [6.07, 6.45) is 2.49. The molecule has 0 aromatic carbocycles. The number of hydrogen-bond donors (Lipinski definition) is 1. The van der Waals surface area contributed by atoms with Gasteiger partial charge in [0.05, 0.1) is 0 Å². The number of pyridine rings is 1. The summed E-state index contributed by atoms with van der Waals surface area (Å²) < 4.78 is 25.1. The van der Waals surface area contributed by atoms with E-state index in [4.69, 9.17) is 0 Å². The van der Waals surface area contributed by atoms with E-state index in [2.05, 4.69) is 10.3 Å². The highest BCUT2D eigenvalue weighted by atomic mass is 32.2. The van der Waals surface area contributed by atoms with Crippen molar-refractivity contribution in [2.75, 3.05) is 26.0 Å². The zero-order chi connectivity index (χ0) is 12.2. The lowest BCUT2D eigenvalue weighted by atomic mass is 10.4. The summed E-state index contributed by atoms with van der Waals surface area (Å²) in [6.45, 7) is 2.71. The van der Waals surface area contributed by atoms with Crippen molar-refractivity contribution in [3.8, 4) is 0 Å². The molecule has 0 fully saturated rings. The van der Waals surface area contributed by atoms with Crippen molar-refractivity contribution in [2.45, 2.75) is 18.2 Å². The van der Waals surface area contributed by atoms with Crippen LogP contribution < -0.4 is 5.32 Å². The Hall–Kier alpha value is -1.14. The summed E-state index contributed by atoms with van der Waals surface area (Å²) in [5, 5.41) is 3.01. The lowest BCUT2D eigenvalue weighted by molar-refractivity contribution is 0.520. The number of rotatable bonds is 5. The van der Waals surface area contributed by atoms with Crippen LogP contribution in [0.25, 0.3) is 0 Å². The molecule has 0 unspecified atom stereocenters. The van der Waals surface area contributed by atoms with E-state index in [0.29, 0.717) is 12.4 Å². The van der Waals surface area contributed by atoms with Crippen molar-refractivity contribution in [1.29, 1.82) is 0 Å². The number of anilines is 1. The lowest BCUT2D eigenvalue weighted by Gasteiger charge is -2.14. The maximum Gasteiger partial charge on any atom is 0.246 e. The molecular formula is C10H17N3O2S. The van der Waals surface area contributed by atoms with Gasteiger partial charge in [0.1, 0.15) is 10.7 Å². The van der Waals surface area contributed by atoms with Gasteiger partial charge in [0.2, 0.25) is 10.0 Å². The van der Waals surface area contributed by atoms with E-state index in [-0.39, 0.29) is 4.90 Å². The third-order valence-electron chi connectivity index (χ3n) is 2.07. The maximum atomic E-state index is 12.0. The smallest absolute Gasteiger partial charge is 0.246 e. The summed E-state index contributed by atoms with van der Waals surface area (Å²) >= 11 is 0. The Bertz CT molecular complexity index is 443. The van der Waals surface area contributed by atoms with Crippen LogP contribution in [0.15, 0.2) is 23.2 Å². The maximum absolute atomic E-state index is 12.0. The molecule has 6 heteroatoms. The van der Waals surface area contributed by atoms with Crippen LogP contribution >= 0.6 is 0 Å². The summed E-state index contributed by atoms with van der Waals surface area (Å²) in [7, 11) is -0.418. The van der Waals surface area contributed by atoms with Crippen molar-refractivity contribution < 1.29 is 8.42 Å².